The second-order valence-electron chi connectivity index (χ2n) is 0.537. The third-order valence-corrected chi connectivity index (χ3v) is 0. The molecule has 0 bridgehead atoms. The molecule has 0 unspecified atom stereocenters. The van der Waals surface area contributed by atoms with Crippen LogP contribution in [0.15, 0.2) is 0 Å². The Bertz CT molecular complexity index is 26.5. The molecule has 60 valence electrons. The highest BCUT2D eigenvalue weighted by Crippen LogP contribution is 2.12. The molecule has 0 spiro atoms. The lowest BCUT2D eigenvalue weighted by Crippen LogP contribution is -1.54. The lowest BCUT2D eigenvalue weighted by atomic mass is 14.0. The van der Waals surface area contributed by atoms with Crippen molar-refractivity contribution in [3.8, 4) is 0 Å². The van der Waals surface area contributed by atoms with Gasteiger partial charge in [-0.05, 0) is 0 Å². The van der Waals surface area contributed by atoms with Gasteiger partial charge < -0.3 is 35.5 Å². The zero-order valence-electron chi connectivity index (χ0n) is 4.28. The Kier molecular flexibility index (Phi) is 20.6. The molecule has 9 heavy (non-hydrogen) atoms. The summed E-state index contributed by atoms with van der Waals surface area (Å²) in [6, 6.07) is 0. The van der Waals surface area contributed by atoms with E-state index in [-0.39, 0.29) is 6.15 Å². The molecule has 0 aliphatic rings. The summed E-state index contributed by atoms with van der Waals surface area (Å²) in [5.41, 5.74) is 0. The first-order valence-corrected chi connectivity index (χ1v) is 3.60. The Morgan fingerprint density at radius 2 is 0.556 bits per heavy atom. The molecule has 0 aliphatic heterocycles. The van der Waals surface area contributed by atoms with Gasteiger partial charge in [-0.3, -0.25) is 0 Å². The van der Waals surface area contributed by atoms with E-state index >= 15 is 0 Å². The van der Waals surface area contributed by atoms with Crippen LogP contribution in [0.25, 0.3) is 0 Å². The van der Waals surface area contributed by atoms with Gasteiger partial charge in [-0.2, -0.15) is 0 Å². The summed E-state index contributed by atoms with van der Waals surface area (Å²) in [5.74, 6) is 0. The fraction of sp³-hybridized carbons (Fsp3) is 0. The molecular formula is H9NO6P2. The minimum Gasteiger partial charge on any atom is -0.344 e. The van der Waals surface area contributed by atoms with Crippen LogP contribution in [0.3, 0.4) is 0 Å². The van der Waals surface area contributed by atoms with Crippen molar-refractivity contribution in [2.75, 3.05) is 0 Å². The van der Waals surface area contributed by atoms with E-state index in [1.807, 2.05) is 0 Å². The molecule has 0 aliphatic carbocycles. The van der Waals surface area contributed by atoms with Crippen LogP contribution in [-0.2, 0) is 0 Å². The van der Waals surface area contributed by atoms with Crippen LogP contribution in [0, 0.1) is 0 Å². The van der Waals surface area contributed by atoms with Gasteiger partial charge in [0.15, 0.2) is 0 Å². The molecule has 0 fully saturated rings. The van der Waals surface area contributed by atoms with E-state index in [0.717, 1.165) is 0 Å². The van der Waals surface area contributed by atoms with Gasteiger partial charge in [0.25, 0.3) is 0 Å². The highest BCUT2D eigenvalue weighted by Gasteiger charge is 1.76. The minimum atomic E-state index is -2.62. The third-order valence-electron chi connectivity index (χ3n) is 0. The van der Waals surface area contributed by atoms with E-state index in [2.05, 4.69) is 0 Å². The Labute approximate surface area is 53.8 Å². The van der Waals surface area contributed by atoms with Crippen molar-refractivity contribution in [2.45, 2.75) is 0 Å². The maximum atomic E-state index is 7.23. The summed E-state index contributed by atoms with van der Waals surface area (Å²) in [6.07, 6.45) is 0. The Hall–Kier alpha value is 0.580. The molecular weight excluding hydrogens is 172 g/mol. The van der Waals surface area contributed by atoms with Gasteiger partial charge in [-0.15, -0.1) is 0 Å². The SMILES string of the molecule is N.OP(O)O.OP(O)O. The lowest BCUT2D eigenvalue weighted by Gasteiger charge is -1.76. The summed E-state index contributed by atoms with van der Waals surface area (Å²) >= 11 is 0. The maximum Gasteiger partial charge on any atom is 0.324 e. The third kappa shape index (κ3) is 1100. The largest absolute Gasteiger partial charge is 0.344 e. The van der Waals surface area contributed by atoms with Crippen molar-refractivity contribution in [1.82, 2.24) is 6.15 Å². The quantitative estimate of drug-likeness (QED) is 0.225. The molecule has 0 aromatic rings. The molecule has 9 N–H and O–H groups in total. The molecule has 0 rings (SSSR count). The molecule has 9 heteroatoms. The summed E-state index contributed by atoms with van der Waals surface area (Å²) in [5, 5.41) is 0. The number of hydrogen-bond donors (Lipinski definition) is 7. The van der Waals surface area contributed by atoms with E-state index in [1.165, 1.54) is 0 Å². The topological polar surface area (TPSA) is 156 Å². The van der Waals surface area contributed by atoms with Crippen molar-refractivity contribution in [1.29, 1.82) is 0 Å². The zero-order valence-corrected chi connectivity index (χ0v) is 6.07. The van der Waals surface area contributed by atoms with Crippen molar-refractivity contribution >= 4 is 17.2 Å². The molecule has 0 saturated heterocycles. The Balaban J connectivity index is -0.0000000720. The Morgan fingerprint density at radius 1 is 0.556 bits per heavy atom. The van der Waals surface area contributed by atoms with Crippen LogP contribution in [0.2, 0.25) is 0 Å². The van der Waals surface area contributed by atoms with Gasteiger partial charge in [-0.25, -0.2) is 0 Å². The lowest BCUT2D eigenvalue weighted by molar-refractivity contribution is 0.366. The van der Waals surface area contributed by atoms with Crippen molar-refractivity contribution in [3.05, 3.63) is 0 Å². The summed E-state index contributed by atoms with van der Waals surface area (Å²) < 4.78 is 0. The monoisotopic (exact) mass is 181 g/mol. The van der Waals surface area contributed by atoms with E-state index in [9.17, 15) is 0 Å². The average molecular weight is 181 g/mol. The van der Waals surface area contributed by atoms with E-state index in [1.54, 1.807) is 0 Å². The first kappa shape index (κ1) is 16.3. The van der Waals surface area contributed by atoms with Crippen LogP contribution in [-0.4, -0.2) is 29.4 Å². The zero-order chi connectivity index (χ0) is 7.15. The maximum absolute atomic E-state index is 7.23. The van der Waals surface area contributed by atoms with E-state index < -0.39 is 17.2 Å². The van der Waals surface area contributed by atoms with E-state index in [4.69, 9.17) is 29.4 Å². The number of rotatable bonds is 0. The van der Waals surface area contributed by atoms with Crippen LogP contribution < -0.4 is 6.15 Å². The number of hydrogen-bond acceptors (Lipinski definition) is 7. The van der Waals surface area contributed by atoms with E-state index in [0.29, 0.717) is 0 Å². The first-order valence-electron chi connectivity index (χ1n) is 1.20. The average Bonchev–Trinajstić information content (AvgIpc) is 1.25. The van der Waals surface area contributed by atoms with Crippen molar-refractivity contribution in [3.63, 3.8) is 0 Å². The van der Waals surface area contributed by atoms with Crippen LogP contribution >= 0.6 is 17.2 Å². The molecule has 0 radical (unpaired) electrons. The van der Waals surface area contributed by atoms with Crippen molar-refractivity contribution in [2.24, 2.45) is 0 Å². The molecule has 0 saturated carbocycles. The van der Waals surface area contributed by atoms with Gasteiger partial charge in [0.05, 0.1) is 0 Å². The summed E-state index contributed by atoms with van der Waals surface area (Å²) in [6.45, 7) is 0. The minimum absolute atomic E-state index is 0. The van der Waals surface area contributed by atoms with Crippen LogP contribution in [0.4, 0.5) is 0 Å². The smallest absolute Gasteiger partial charge is 0.324 e. The highest BCUT2D eigenvalue weighted by atomic mass is 31.2. The second-order valence-corrected chi connectivity index (χ2v) is 1.61. The summed E-state index contributed by atoms with van der Waals surface area (Å²) in [7, 11) is -5.24. The normalized spacial score (nSPS) is 8.00. The molecule has 0 atom stereocenters. The van der Waals surface area contributed by atoms with Gasteiger partial charge in [0.2, 0.25) is 0 Å². The predicted octanol–water partition coefficient (Wildman–Crippen LogP) is -1.46. The standard InChI is InChI=1S/H3N.2H3O3P/c;2*1-4(2)3/h1H3;2*1-3H. The molecule has 0 aromatic carbocycles. The molecule has 7 nitrogen and oxygen atoms in total. The van der Waals surface area contributed by atoms with Gasteiger partial charge >= 0.3 is 17.2 Å². The predicted molar refractivity (Wildman–Crippen MR) is 32.2 cm³/mol. The fourth-order valence-electron chi connectivity index (χ4n) is 0. The highest BCUT2D eigenvalue weighted by molar-refractivity contribution is 7.38. The van der Waals surface area contributed by atoms with Crippen LogP contribution in [0.1, 0.15) is 0 Å². The molecule has 0 aromatic heterocycles. The Morgan fingerprint density at radius 3 is 0.556 bits per heavy atom. The van der Waals surface area contributed by atoms with Gasteiger partial charge in [0.1, 0.15) is 0 Å². The van der Waals surface area contributed by atoms with Crippen LogP contribution in [0.5, 0.6) is 0 Å². The molecule has 0 heterocycles. The second kappa shape index (κ2) is 11.4. The molecule has 0 amide bonds. The fourth-order valence-corrected chi connectivity index (χ4v) is 0. The van der Waals surface area contributed by atoms with Gasteiger partial charge in [0, 0.05) is 0 Å². The van der Waals surface area contributed by atoms with Gasteiger partial charge in [-0.1, -0.05) is 0 Å². The van der Waals surface area contributed by atoms with Crippen molar-refractivity contribution < 1.29 is 29.4 Å². The summed E-state index contributed by atoms with van der Waals surface area (Å²) in [4.78, 5) is 43.4. The first-order chi connectivity index (χ1) is 3.46.